The van der Waals surface area contributed by atoms with Crippen LogP contribution in [0.1, 0.15) is 46.5 Å². The predicted octanol–water partition coefficient (Wildman–Crippen LogP) is 1.58. The van der Waals surface area contributed by atoms with E-state index in [9.17, 15) is 34.5 Å². The van der Waals surface area contributed by atoms with Gasteiger partial charge in [-0.15, -0.1) is 0 Å². The van der Waals surface area contributed by atoms with Crippen molar-refractivity contribution in [2.75, 3.05) is 13.2 Å². The summed E-state index contributed by atoms with van der Waals surface area (Å²) in [4.78, 5) is 46.9. The summed E-state index contributed by atoms with van der Waals surface area (Å²) in [5.41, 5.74) is -2.71. The van der Waals surface area contributed by atoms with Gasteiger partial charge in [0.2, 0.25) is 0 Å². The van der Waals surface area contributed by atoms with E-state index in [1.54, 1.807) is 0 Å². The summed E-state index contributed by atoms with van der Waals surface area (Å²) in [6.45, 7) is 4.16. The van der Waals surface area contributed by atoms with E-state index in [1.165, 1.54) is 12.2 Å². The highest BCUT2D eigenvalue weighted by atomic mass is 16.5. The van der Waals surface area contributed by atoms with Crippen LogP contribution in [0.25, 0.3) is 0 Å². The summed E-state index contributed by atoms with van der Waals surface area (Å²) in [6.07, 6.45) is 4.12. The van der Waals surface area contributed by atoms with Crippen LogP contribution in [0.4, 0.5) is 0 Å². The van der Waals surface area contributed by atoms with Gasteiger partial charge in [0.15, 0.2) is 11.2 Å². The van der Waals surface area contributed by atoms with Gasteiger partial charge in [0.05, 0.1) is 12.7 Å². The lowest BCUT2D eigenvalue weighted by atomic mass is 9.76. The second kappa shape index (κ2) is 9.98. The van der Waals surface area contributed by atoms with Gasteiger partial charge in [-0.1, -0.05) is 45.8 Å². The number of carbonyl (C=O) groups excluding carboxylic acids is 1. The predicted molar refractivity (Wildman–Crippen MR) is 101 cm³/mol. The molecule has 9 heteroatoms. The summed E-state index contributed by atoms with van der Waals surface area (Å²) in [5, 5.41) is 38.3. The van der Waals surface area contributed by atoms with Crippen molar-refractivity contribution in [2.45, 2.75) is 52.6 Å². The molecule has 1 saturated carbocycles. The molecule has 29 heavy (non-hydrogen) atoms. The molecule has 4 N–H and O–H groups in total. The Morgan fingerprint density at radius 2 is 1.90 bits per heavy atom. The Hall–Kier alpha value is -2.26. The molecule has 1 rings (SSSR count). The summed E-state index contributed by atoms with van der Waals surface area (Å²) < 4.78 is 4.91. The first-order valence-electron chi connectivity index (χ1n) is 9.56. The molecule has 2 unspecified atom stereocenters. The zero-order chi connectivity index (χ0) is 22.4. The van der Waals surface area contributed by atoms with Crippen LogP contribution < -0.4 is 0 Å². The Bertz CT molecular complexity index is 667. The van der Waals surface area contributed by atoms with Crippen LogP contribution in [0, 0.1) is 22.7 Å². The molecule has 9 nitrogen and oxygen atoms in total. The third kappa shape index (κ3) is 5.63. The zero-order valence-corrected chi connectivity index (χ0v) is 17.0. The van der Waals surface area contributed by atoms with Crippen LogP contribution in [-0.4, -0.2) is 63.4 Å². The number of unbranched alkanes of at least 4 members (excludes halogenated alkanes) is 1. The number of carboxylic acids is 3. The number of ketones is 1. The maximum Gasteiger partial charge on any atom is 0.329 e. The van der Waals surface area contributed by atoms with Crippen molar-refractivity contribution in [3.63, 3.8) is 0 Å². The average Bonchev–Trinajstić information content (AvgIpc) is 2.91. The molecule has 0 bridgehead atoms. The fraction of sp³-hybridized carbons (Fsp3) is 0.700. The van der Waals surface area contributed by atoms with Crippen molar-refractivity contribution in [3.05, 3.63) is 12.2 Å². The smallest absolute Gasteiger partial charge is 0.329 e. The fourth-order valence-corrected chi connectivity index (χ4v) is 3.59. The highest BCUT2D eigenvalue weighted by Crippen LogP contribution is 2.46. The molecule has 164 valence electrons. The zero-order valence-electron chi connectivity index (χ0n) is 17.0. The highest BCUT2D eigenvalue weighted by molar-refractivity contribution is 6.13. The van der Waals surface area contributed by atoms with Crippen molar-refractivity contribution in [3.8, 4) is 0 Å². The molecule has 0 radical (unpaired) electrons. The van der Waals surface area contributed by atoms with Crippen LogP contribution >= 0.6 is 0 Å². The Morgan fingerprint density at radius 3 is 2.38 bits per heavy atom. The summed E-state index contributed by atoms with van der Waals surface area (Å²) >= 11 is 0. The van der Waals surface area contributed by atoms with E-state index in [0.29, 0.717) is 0 Å². The fourth-order valence-electron chi connectivity index (χ4n) is 3.59. The molecule has 1 aliphatic rings. The Labute approximate surface area is 169 Å². The molecule has 1 fully saturated rings. The van der Waals surface area contributed by atoms with Gasteiger partial charge in [-0.25, -0.2) is 4.79 Å². The van der Waals surface area contributed by atoms with Crippen LogP contribution in [0.3, 0.4) is 0 Å². The number of ether oxygens (including phenoxy) is 1. The third-order valence-electron chi connectivity index (χ3n) is 5.61. The Balaban J connectivity index is 3.20. The number of aliphatic hydroxyl groups is 1. The number of carboxylic acid groups (broad SMARTS) is 3. The first kappa shape index (κ1) is 24.8. The average molecular weight is 414 g/mol. The van der Waals surface area contributed by atoms with Crippen LogP contribution in [0.15, 0.2) is 12.2 Å². The quantitative estimate of drug-likeness (QED) is 0.275. The second-order valence-electron chi connectivity index (χ2n) is 8.18. The molecule has 0 aromatic heterocycles. The number of hydrogen-bond acceptors (Lipinski definition) is 6. The molecule has 0 amide bonds. The topological polar surface area (TPSA) is 158 Å². The molecule has 0 aromatic carbocycles. The number of allylic oxidation sites excluding steroid dienone is 1. The van der Waals surface area contributed by atoms with Gasteiger partial charge in [-0.05, 0) is 18.3 Å². The summed E-state index contributed by atoms with van der Waals surface area (Å²) in [6, 6.07) is 0. The molecule has 0 saturated heterocycles. The number of aliphatic hydroxyl groups excluding tert-OH is 1. The number of hydrogen-bond donors (Lipinski definition) is 4. The van der Waals surface area contributed by atoms with Crippen LogP contribution in [0.2, 0.25) is 0 Å². The molecule has 0 aromatic rings. The number of rotatable bonds is 12. The molecular weight excluding hydrogens is 384 g/mol. The van der Waals surface area contributed by atoms with E-state index in [-0.39, 0.29) is 6.42 Å². The SMILES string of the molecule is CCCCC(C)(C)C(O)C=C[C@H]1C[C@H](C(=O)O)C(=O)C1(COCC(=O)O)C(=O)O. The normalized spacial score (nSPS) is 26.0. The minimum absolute atomic E-state index is 0.268. The van der Waals surface area contributed by atoms with Gasteiger partial charge < -0.3 is 25.2 Å². The minimum Gasteiger partial charge on any atom is -0.481 e. The van der Waals surface area contributed by atoms with E-state index >= 15 is 0 Å². The van der Waals surface area contributed by atoms with Crippen LogP contribution in [0.5, 0.6) is 0 Å². The molecule has 0 spiro atoms. The van der Waals surface area contributed by atoms with Gasteiger partial charge in [0.25, 0.3) is 0 Å². The van der Waals surface area contributed by atoms with Crippen LogP contribution in [-0.2, 0) is 23.9 Å². The first-order chi connectivity index (χ1) is 13.4. The Morgan fingerprint density at radius 1 is 1.28 bits per heavy atom. The minimum atomic E-state index is -2.22. The highest BCUT2D eigenvalue weighted by Gasteiger charge is 2.61. The first-order valence-corrected chi connectivity index (χ1v) is 9.56. The lowest BCUT2D eigenvalue weighted by molar-refractivity contribution is -0.164. The maximum atomic E-state index is 12.7. The van der Waals surface area contributed by atoms with Gasteiger partial charge in [0, 0.05) is 5.92 Å². The van der Waals surface area contributed by atoms with E-state index in [1.807, 2.05) is 20.8 Å². The van der Waals surface area contributed by atoms with E-state index < -0.39 is 65.7 Å². The lowest BCUT2D eigenvalue weighted by Crippen LogP contribution is -2.46. The van der Waals surface area contributed by atoms with E-state index in [0.717, 1.165) is 19.3 Å². The van der Waals surface area contributed by atoms with Gasteiger partial charge in [-0.2, -0.15) is 0 Å². The van der Waals surface area contributed by atoms with Crippen molar-refractivity contribution in [1.29, 1.82) is 0 Å². The van der Waals surface area contributed by atoms with Crippen molar-refractivity contribution >= 4 is 23.7 Å². The van der Waals surface area contributed by atoms with E-state index in [2.05, 4.69) is 0 Å². The third-order valence-corrected chi connectivity index (χ3v) is 5.61. The summed E-state index contributed by atoms with van der Waals surface area (Å²) in [7, 11) is 0. The van der Waals surface area contributed by atoms with Gasteiger partial charge in [-0.3, -0.25) is 14.4 Å². The second-order valence-corrected chi connectivity index (χ2v) is 8.18. The molecular formula is C20H30O9. The van der Waals surface area contributed by atoms with Crippen molar-refractivity contribution in [2.24, 2.45) is 22.7 Å². The number of aliphatic carboxylic acids is 3. The molecule has 0 aliphatic heterocycles. The molecule has 4 atom stereocenters. The van der Waals surface area contributed by atoms with Crippen molar-refractivity contribution < 1.29 is 44.3 Å². The van der Waals surface area contributed by atoms with E-state index in [4.69, 9.17) is 9.84 Å². The van der Waals surface area contributed by atoms with Gasteiger partial charge >= 0.3 is 17.9 Å². The molecule has 0 heterocycles. The standard InChI is InChI=1S/C20H30O9/c1-4-5-8-19(2,3)14(21)7-6-12-9-13(17(25)26)16(24)20(12,18(27)28)11-29-10-15(22)23/h6-7,12-14,21H,4-5,8-11H2,1-3H3,(H,22,23)(H,25,26)(H,27,28)/t12-,13-,14?,20?/m0/s1. The molecule has 1 aliphatic carbocycles. The summed E-state index contributed by atoms with van der Waals surface area (Å²) in [5.74, 6) is -7.99. The Kier molecular flexibility index (Phi) is 8.52. The monoisotopic (exact) mass is 414 g/mol. The van der Waals surface area contributed by atoms with Crippen molar-refractivity contribution in [1.82, 2.24) is 0 Å². The number of Topliss-reactive ketones (excluding diaryl/α,β-unsaturated/α-hetero) is 1. The largest absolute Gasteiger partial charge is 0.481 e. The lowest BCUT2D eigenvalue weighted by Gasteiger charge is -2.30. The maximum absolute atomic E-state index is 12.7. The van der Waals surface area contributed by atoms with Gasteiger partial charge in [0.1, 0.15) is 12.5 Å². The number of carbonyl (C=O) groups is 4.